The zero-order valence-corrected chi connectivity index (χ0v) is 10.9. The molecule has 0 spiro atoms. The number of aliphatic hydroxyl groups is 1. The summed E-state index contributed by atoms with van der Waals surface area (Å²) in [7, 11) is 0. The van der Waals surface area contributed by atoms with E-state index in [0.29, 0.717) is 25.7 Å². The van der Waals surface area contributed by atoms with Crippen molar-refractivity contribution in [2.24, 2.45) is 0 Å². The Morgan fingerprint density at radius 3 is 2.60 bits per heavy atom. The van der Waals surface area contributed by atoms with Crippen LogP contribution in [0.25, 0.3) is 0 Å². The van der Waals surface area contributed by atoms with Gasteiger partial charge in [-0.2, -0.15) is 13.2 Å². The van der Waals surface area contributed by atoms with Crippen LogP contribution in [0, 0.1) is 0 Å². The summed E-state index contributed by atoms with van der Waals surface area (Å²) in [6.45, 7) is -1.17. The highest BCUT2D eigenvalue weighted by atomic mass is 19.4. The normalized spacial score (nSPS) is 23.6. The van der Waals surface area contributed by atoms with Gasteiger partial charge in [0.1, 0.15) is 12.2 Å². The summed E-state index contributed by atoms with van der Waals surface area (Å²) in [5.41, 5.74) is 0.00782. The minimum Gasteiger partial charge on any atom is -0.393 e. The molecule has 1 aromatic rings. The predicted octanol–water partition coefficient (Wildman–Crippen LogP) is 2.08. The molecular formula is C13H17F3N2O2. The van der Waals surface area contributed by atoms with Crippen LogP contribution in [0.5, 0.6) is 0 Å². The van der Waals surface area contributed by atoms with Crippen LogP contribution >= 0.6 is 0 Å². The van der Waals surface area contributed by atoms with Crippen LogP contribution in [-0.2, 0) is 6.54 Å². The van der Waals surface area contributed by atoms with Crippen LogP contribution in [0.1, 0.15) is 36.2 Å². The maximum absolute atomic E-state index is 12.4. The van der Waals surface area contributed by atoms with Gasteiger partial charge in [-0.1, -0.05) is 0 Å². The highest BCUT2D eigenvalue weighted by molar-refractivity contribution is 5.92. The average Bonchev–Trinajstić information content (AvgIpc) is 2.78. The van der Waals surface area contributed by atoms with E-state index >= 15 is 0 Å². The number of hydrogen-bond donors (Lipinski definition) is 2. The molecule has 1 aliphatic carbocycles. The molecule has 2 rings (SSSR count). The first-order valence-corrected chi connectivity index (χ1v) is 6.56. The maximum atomic E-state index is 12.4. The second kappa shape index (κ2) is 5.87. The van der Waals surface area contributed by atoms with Crippen LogP contribution in [-0.4, -0.2) is 33.9 Å². The predicted molar refractivity (Wildman–Crippen MR) is 66.2 cm³/mol. The lowest BCUT2D eigenvalue weighted by atomic mass is 9.93. The maximum Gasteiger partial charge on any atom is 0.406 e. The number of alkyl halides is 3. The molecule has 0 aromatic carbocycles. The summed E-state index contributed by atoms with van der Waals surface area (Å²) in [5.74, 6) is -0.499. The molecule has 4 nitrogen and oxygen atoms in total. The number of rotatable bonds is 3. The van der Waals surface area contributed by atoms with E-state index in [2.05, 4.69) is 5.32 Å². The van der Waals surface area contributed by atoms with Crippen molar-refractivity contribution in [3.05, 3.63) is 24.0 Å². The number of carbonyl (C=O) groups excluding carboxylic acids is 1. The quantitative estimate of drug-likeness (QED) is 0.895. The minimum absolute atomic E-state index is 0.00782. The molecule has 1 aromatic heterocycles. The molecule has 1 amide bonds. The smallest absolute Gasteiger partial charge is 0.393 e. The largest absolute Gasteiger partial charge is 0.406 e. The molecule has 1 fully saturated rings. The third-order valence-corrected chi connectivity index (χ3v) is 3.44. The molecule has 0 radical (unpaired) electrons. The number of nitrogens with zero attached hydrogens (tertiary/aromatic N) is 1. The molecule has 1 aliphatic rings. The van der Waals surface area contributed by atoms with Crippen molar-refractivity contribution in [1.29, 1.82) is 0 Å². The van der Waals surface area contributed by atoms with Gasteiger partial charge >= 0.3 is 6.18 Å². The Kier molecular flexibility index (Phi) is 4.37. The van der Waals surface area contributed by atoms with Gasteiger partial charge in [0.15, 0.2) is 0 Å². The zero-order valence-electron chi connectivity index (χ0n) is 10.9. The summed E-state index contributed by atoms with van der Waals surface area (Å²) in [6, 6.07) is 2.71. The van der Waals surface area contributed by atoms with E-state index < -0.39 is 18.6 Å². The van der Waals surface area contributed by atoms with Gasteiger partial charge in [0.05, 0.1) is 6.10 Å². The summed E-state index contributed by atoms with van der Waals surface area (Å²) in [5, 5.41) is 12.1. The summed E-state index contributed by atoms with van der Waals surface area (Å²) in [4.78, 5) is 12.0. The molecule has 0 unspecified atom stereocenters. The molecule has 1 saturated carbocycles. The number of aromatic nitrogens is 1. The second-order valence-electron chi connectivity index (χ2n) is 5.12. The molecule has 20 heavy (non-hydrogen) atoms. The highest BCUT2D eigenvalue weighted by Gasteiger charge is 2.30. The van der Waals surface area contributed by atoms with E-state index in [1.165, 1.54) is 18.3 Å². The van der Waals surface area contributed by atoms with Gasteiger partial charge < -0.3 is 15.0 Å². The van der Waals surface area contributed by atoms with Crippen molar-refractivity contribution in [2.45, 2.75) is 50.6 Å². The highest BCUT2D eigenvalue weighted by Crippen LogP contribution is 2.21. The molecule has 112 valence electrons. The van der Waals surface area contributed by atoms with Crippen molar-refractivity contribution in [2.75, 3.05) is 0 Å². The molecular weight excluding hydrogens is 273 g/mol. The first-order chi connectivity index (χ1) is 9.35. The number of amides is 1. The SMILES string of the molecule is O=C(NC1CCC(O)CC1)c1cccn1CC(F)(F)F. The fourth-order valence-corrected chi connectivity index (χ4v) is 2.43. The van der Waals surface area contributed by atoms with E-state index in [4.69, 9.17) is 0 Å². The number of nitrogens with one attached hydrogen (secondary N) is 1. The summed E-state index contributed by atoms with van der Waals surface area (Å²) < 4.78 is 38.0. The van der Waals surface area contributed by atoms with E-state index in [1.807, 2.05) is 0 Å². The van der Waals surface area contributed by atoms with Gasteiger partial charge in [-0.15, -0.1) is 0 Å². The van der Waals surface area contributed by atoms with Gasteiger partial charge in [0.2, 0.25) is 0 Å². The third-order valence-electron chi connectivity index (χ3n) is 3.44. The van der Waals surface area contributed by atoms with Crippen LogP contribution in [0.2, 0.25) is 0 Å². The van der Waals surface area contributed by atoms with E-state index in [0.717, 1.165) is 4.57 Å². The fourth-order valence-electron chi connectivity index (χ4n) is 2.43. The second-order valence-corrected chi connectivity index (χ2v) is 5.12. The summed E-state index contributed by atoms with van der Waals surface area (Å²) in [6.07, 6.45) is -0.948. The average molecular weight is 290 g/mol. The Labute approximate surface area is 114 Å². The molecule has 0 aliphatic heterocycles. The lowest BCUT2D eigenvalue weighted by Crippen LogP contribution is -2.39. The molecule has 0 saturated heterocycles. The standard InChI is InChI=1S/C13H17F3N2O2/c14-13(15,16)8-18-7-1-2-11(18)12(20)17-9-3-5-10(19)6-4-9/h1-2,7,9-10,19H,3-6,8H2,(H,17,20). The van der Waals surface area contributed by atoms with Gasteiger partial charge in [-0.05, 0) is 37.8 Å². The van der Waals surface area contributed by atoms with Gasteiger partial charge in [0.25, 0.3) is 5.91 Å². The van der Waals surface area contributed by atoms with Crippen molar-refractivity contribution < 1.29 is 23.1 Å². The topological polar surface area (TPSA) is 54.3 Å². The van der Waals surface area contributed by atoms with E-state index in [1.54, 1.807) is 0 Å². The van der Waals surface area contributed by atoms with Gasteiger partial charge in [-0.3, -0.25) is 4.79 Å². The first-order valence-electron chi connectivity index (χ1n) is 6.56. The number of hydrogen-bond acceptors (Lipinski definition) is 2. The van der Waals surface area contributed by atoms with Crippen molar-refractivity contribution in [3.63, 3.8) is 0 Å². The fraction of sp³-hybridized carbons (Fsp3) is 0.615. The molecule has 2 N–H and O–H groups in total. The molecule has 1 heterocycles. The molecule has 0 atom stereocenters. The Morgan fingerprint density at radius 2 is 2.00 bits per heavy atom. The van der Waals surface area contributed by atoms with Gasteiger partial charge in [0, 0.05) is 12.2 Å². The van der Waals surface area contributed by atoms with Crippen molar-refractivity contribution >= 4 is 5.91 Å². The minimum atomic E-state index is -4.36. The number of carbonyl (C=O) groups is 1. The van der Waals surface area contributed by atoms with Gasteiger partial charge in [-0.25, -0.2) is 0 Å². The van der Waals surface area contributed by atoms with Crippen molar-refractivity contribution in [1.82, 2.24) is 9.88 Å². The van der Waals surface area contributed by atoms with Crippen LogP contribution in [0.3, 0.4) is 0 Å². The summed E-state index contributed by atoms with van der Waals surface area (Å²) >= 11 is 0. The Balaban J connectivity index is 1.97. The molecule has 7 heteroatoms. The Morgan fingerprint density at radius 1 is 1.35 bits per heavy atom. The lowest BCUT2D eigenvalue weighted by molar-refractivity contribution is -0.140. The molecule has 0 bridgehead atoms. The van der Waals surface area contributed by atoms with E-state index in [-0.39, 0.29) is 17.8 Å². The zero-order chi connectivity index (χ0) is 14.8. The lowest BCUT2D eigenvalue weighted by Gasteiger charge is -2.26. The van der Waals surface area contributed by atoms with Crippen LogP contribution < -0.4 is 5.32 Å². The Hall–Kier alpha value is -1.50. The van der Waals surface area contributed by atoms with Crippen LogP contribution in [0.15, 0.2) is 18.3 Å². The van der Waals surface area contributed by atoms with Crippen molar-refractivity contribution in [3.8, 4) is 0 Å². The number of halogens is 3. The monoisotopic (exact) mass is 290 g/mol. The van der Waals surface area contributed by atoms with E-state index in [9.17, 15) is 23.1 Å². The third kappa shape index (κ3) is 4.00. The Bertz CT molecular complexity index is 462. The first kappa shape index (κ1) is 14.9. The number of aliphatic hydroxyl groups excluding tert-OH is 1. The van der Waals surface area contributed by atoms with Crippen LogP contribution in [0.4, 0.5) is 13.2 Å².